The Kier molecular flexibility index (Phi) is 6.08. The monoisotopic (exact) mass is 483 g/mol. The number of pyridine rings is 1. The number of methoxy groups -OCH3 is 1. The molecule has 5 aromatic rings. The van der Waals surface area contributed by atoms with Gasteiger partial charge < -0.3 is 15.0 Å². The summed E-state index contributed by atoms with van der Waals surface area (Å²) in [5, 5.41) is 9.91. The highest BCUT2D eigenvalue weighted by Crippen LogP contribution is 2.32. The molecule has 0 atom stereocenters. The van der Waals surface area contributed by atoms with Crippen LogP contribution < -0.4 is 15.5 Å². The van der Waals surface area contributed by atoms with E-state index < -0.39 is 0 Å². The zero-order valence-electron chi connectivity index (χ0n) is 19.1. The molecule has 5 rings (SSSR count). The van der Waals surface area contributed by atoms with E-state index in [-0.39, 0.29) is 5.91 Å². The second-order valence-corrected chi connectivity index (χ2v) is 8.41. The first-order valence-electron chi connectivity index (χ1n) is 10.9. The number of H-pyrrole nitrogens is 1. The summed E-state index contributed by atoms with van der Waals surface area (Å²) in [5.41, 5.74) is 7.99. The van der Waals surface area contributed by atoms with Crippen molar-refractivity contribution in [1.29, 1.82) is 0 Å². The van der Waals surface area contributed by atoms with Crippen molar-refractivity contribution in [3.63, 3.8) is 0 Å². The maximum atomic E-state index is 12.6. The van der Waals surface area contributed by atoms with Crippen LogP contribution in [-0.2, 0) is 0 Å². The second kappa shape index (κ2) is 9.48. The molecule has 0 unspecified atom stereocenters. The van der Waals surface area contributed by atoms with Gasteiger partial charge in [-0.2, -0.15) is 5.10 Å². The highest BCUT2D eigenvalue weighted by molar-refractivity contribution is 6.33. The lowest BCUT2D eigenvalue weighted by Crippen LogP contribution is -2.17. The van der Waals surface area contributed by atoms with E-state index >= 15 is 0 Å². The highest BCUT2D eigenvalue weighted by atomic mass is 35.5. The van der Waals surface area contributed by atoms with E-state index in [2.05, 4.69) is 25.8 Å². The summed E-state index contributed by atoms with van der Waals surface area (Å²) >= 11 is 6.11. The Hall–Kier alpha value is -4.36. The first-order chi connectivity index (χ1) is 17.0. The molecule has 7 nitrogen and oxygen atoms in total. The first kappa shape index (κ1) is 22.4. The lowest BCUT2D eigenvalue weighted by atomic mass is 10.1. The molecular formula is C27H22ClN5O2. The van der Waals surface area contributed by atoms with Gasteiger partial charge in [0.2, 0.25) is 0 Å². The number of anilines is 2. The van der Waals surface area contributed by atoms with Crippen LogP contribution in [-0.4, -0.2) is 29.2 Å². The summed E-state index contributed by atoms with van der Waals surface area (Å²) in [6, 6.07) is 22.8. The largest absolute Gasteiger partial charge is 0.494 e. The van der Waals surface area contributed by atoms with Gasteiger partial charge in [0.25, 0.3) is 5.91 Å². The molecule has 0 aliphatic carbocycles. The summed E-state index contributed by atoms with van der Waals surface area (Å²) in [7, 11) is 1.64. The van der Waals surface area contributed by atoms with Gasteiger partial charge in [-0.15, -0.1) is 0 Å². The average Bonchev–Trinajstić information content (AvgIpc) is 3.28. The van der Waals surface area contributed by atoms with Gasteiger partial charge in [0.15, 0.2) is 0 Å². The molecule has 2 aromatic heterocycles. The van der Waals surface area contributed by atoms with E-state index in [0.717, 1.165) is 50.2 Å². The molecule has 35 heavy (non-hydrogen) atoms. The summed E-state index contributed by atoms with van der Waals surface area (Å²) in [4.78, 5) is 20.4. The number of hydrogen-bond donors (Lipinski definition) is 3. The SMILES string of the molecule is COc1cccc2c(Nc3ccc4[nH]c(C(=O)N/N=C/c5ccccc5Cl)cc4c3)cc(C)nc12. The van der Waals surface area contributed by atoms with Gasteiger partial charge in [0.1, 0.15) is 17.0 Å². The number of aryl methyl sites for hydroxylation is 1. The number of para-hydroxylation sites is 1. The Morgan fingerprint density at radius 3 is 2.77 bits per heavy atom. The lowest BCUT2D eigenvalue weighted by Gasteiger charge is -2.13. The van der Waals surface area contributed by atoms with Crippen molar-refractivity contribution >= 4 is 56.9 Å². The van der Waals surface area contributed by atoms with Gasteiger partial charge in [-0.3, -0.25) is 4.79 Å². The molecule has 3 N–H and O–H groups in total. The van der Waals surface area contributed by atoms with Gasteiger partial charge >= 0.3 is 0 Å². The minimum atomic E-state index is -0.345. The predicted molar refractivity (Wildman–Crippen MR) is 141 cm³/mol. The number of aromatic amines is 1. The van der Waals surface area contributed by atoms with Gasteiger partial charge in [-0.05, 0) is 49.4 Å². The number of ether oxygens (including phenoxy) is 1. The molecule has 8 heteroatoms. The number of rotatable bonds is 6. The molecule has 0 fully saturated rings. The quantitative estimate of drug-likeness (QED) is 0.198. The molecule has 0 aliphatic heterocycles. The summed E-state index contributed by atoms with van der Waals surface area (Å²) in [5.74, 6) is 0.380. The number of nitrogens with zero attached hydrogens (tertiary/aromatic N) is 2. The van der Waals surface area contributed by atoms with E-state index in [1.165, 1.54) is 6.21 Å². The Labute approximate surface area is 206 Å². The Balaban J connectivity index is 1.38. The van der Waals surface area contributed by atoms with E-state index in [0.29, 0.717) is 10.7 Å². The van der Waals surface area contributed by atoms with E-state index in [1.807, 2.05) is 67.6 Å². The predicted octanol–water partition coefficient (Wildman–Crippen LogP) is 6.19. The van der Waals surface area contributed by atoms with Crippen molar-refractivity contribution in [2.75, 3.05) is 12.4 Å². The maximum Gasteiger partial charge on any atom is 0.287 e. The number of hydrazone groups is 1. The van der Waals surface area contributed by atoms with Gasteiger partial charge in [-0.1, -0.05) is 41.9 Å². The van der Waals surface area contributed by atoms with Crippen molar-refractivity contribution in [3.05, 3.63) is 94.8 Å². The minimum Gasteiger partial charge on any atom is -0.494 e. The smallest absolute Gasteiger partial charge is 0.287 e. The van der Waals surface area contributed by atoms with Crippen LogP contribution in [0.1, 0.15) is 21.7 Å². The van der Waals surface area contributed by atoms with Crippen LogP contribution in [0.4, 0.5) is 11.4 Å². The number of aromatic nitrogens is 2. The molecule has 0 aliphatic rings. The van der Waals surface area contributed by atoms with Crippen LogP contribution in [0.5, 0.6) is 5.75 Å². The van der Waals surface area contributed by atoms with Gasteiger partial charge in [0, 0.05) is 43.9 Å². The van der Waals surface area contributed by atoms with Crippen LogP contribution in [0.2, 0.25) is 5.02 Å². The van der Waals surface area contributed by atoms with Crippen LogP contribution in [0.3, 0.4) is 0 Å². The van der Waals surface area contributed by atoms with Gasteiger partial charge in [-0.25, -0.2) is 10.4 Å². The molecule has 174 valence electrons. The third-order valence-corrected chi connectivity index (χ3v) is 5.91. The maximum absolute atomic E-state index is 12.6. The minimum absolute atomic E-state index is 0.345. The summed E-state index contributed by atoms with van der Waals surface area (Å²) in [6.07, 6.45) is 1.51. The number of halogens is 1. The molecule has 0 bridgehead atoms. The Morgan fingerprint density at radius 1 is 1.09 bits per heavy atom. The second-order valence-electron chi connectivity index (χ2n) is 8.00. The number of carbonyl (C=O) groups is 1. The summed E-state index contributed by atoms with van der Waals surface area (Å²) in [6.45, 7) is 1.95. The lowest BCUT2D eigenvalue weighted by molar-refractivity contribution is 0.0951. The average molecular weight is 484 g/mol. The standard InChI is InChI=1S/C27H22ClN5O2/c1-16-12-23(20-7-5-9-25(35-2)26(20)30-16)31-19-10-11-22-18(13-19)14-24(32-22)27(34)33-29-15-17-6-3-4-8-21(17)28/h3-15,32H,1-2H3,(H,30,31)(H,33,34)/b29-15+. The van der Waals surface area contributed by atoms with Crippen molar-refractivity contribution < 1.29 is 9.53 Å². The molecule has 0 radical (unpaired) electrons. The molecule has 2 heterocycles. The Bertz CT molecular complexity index is 1590. The van der Waals surface area contributed by atoms with Crippen molar-refractivity contribution in [2.45, 2.75) is 6.92 Å². The van der Waals surface area contributed by atoms with E-state index in [1.54, 1.807) is 19.2 Å². The fourth-order valence-corrected chi connectivity index (χ4v) is 4.09. The molecular weight excluding hydrogens is 462 g/mol. The van der Waals surface area contributed by atoms with Crippen molar-refractivity contribution in [1.82, 2.24) is 15.4 Å². The van der Waals surface area contributed by atoms with Crippen molar-refractivity contribution in [2.24, 2.45) is 5.10 Å². The molecule has 1 amide bonds. The van der Waals surface area contributed by atoms with E-state index in [9.17, 15) is 4.79 Å². The van der Waals surface area contributed by atoms with Crippen LogP contribution in [0.25, 0.3) is 21.8 Å². The topological polar surface area (TPSA) is 91.4 Å². The fraction of sp³-hybridized carbons (Fsp3) is 0.0741. The normalized spacial score (nSPS) is 11.3. The number of nitrogens with one attached hydrogen (secondary N) is 3. The molecule has 0 saturated heterocycles. The zero-order chi connectivity index (χ0) is 24.4. The highest BCUT2D eigenvalue weighted by Gasteiger charge is 2.12. The van der Waals surface area contributed by atoms with E-state index in [4.69, 9.17) is 16.3 Å². The molecule has 3 aromatic carbocycles. The van der Waals surface area contributed by atoms with Crippen LogP contribution in [0, 0.1) is 6.92 Å². The number of carbonyl (C=O) groups excluding carboxylic acids is 1. The van der Waals surface area contributed by atoms with Gasteiger partial charge in [0.05, 0.1) is 13.3 Å². The zero-order valence-corrected chi connectivity index (χ0v) is 19.9. The number of benzene rings is 3. The Morgan fingerprint density at radius 2 is 1.94 bits per heavy atom. The van der Waals surface area contributed by atoms with Crippen LogP contribution in [0.15, 0.2) is 77.9 Å². The first-order valence-corrected chi connectivity index (χ1v) is 11.3. The number of fused-ring (bicyclic) bond motifs is 2. The molecule has 0 spiro atoms. The fourth-order valence-electron chi connectivity index (χ4n) is 3.91. The third kappa shape index (κ3) is 4.67. The van der Waals surface area contributed by atoms with Crippen molar-refractivity contribution in [3.8, 4) is 5.75 Å². The number of amides is 1. The summed E-state index contributed by atoms with van der Waals surface area (Å²) < 4.78 is 5.48. The van der Waals surface area contributed by atoms with Crippen LogP contribution >= 0.6 is 11.6 Å². The number of hydrogen-bond acceptors (Lipinski definition) is 5. The molecule has 0 saturated carbocycles. The third-order valence-electron chi connectivity index (χ3n) is 5.57.